The van der Waals surface area contributed by atoms with Gasteiger partial charge in [-0.3, -0.25) is 4.99 Å². The number of rotatable bonds is 7. The van der Waals surface area contributed by atoms with E-state index in [0.717, 1.165) is 48.3 Å². The summed E-state index contributed by atoms with van der Waals surface area (Å²) in [5.41, 5.74) is 0.491. The highest BCUT2D eigenvalue weighted by Crippen LogP contribution is 2.27. The van der Waals surface area contributed by atoms with Crippen LogP contribution in [-0.2, 0) is 0 Å². The number of benzene rings is 1. The van der Waals surface area contributed by atoms with Crippen LogP contribution in [-0.4, -0.2) is 66.4 Å². The fourth-order valence-electron chi connectivity index (χ4n) is 2.53. The van der Waals surface area contributed by atoms with Gasteiger partial charge in [0.15, 0.2) is 5.96 Å². The third kappa shape index (κ3) is 7.22. The predicted octanol–water partition coefficient (Wildman–Crippen LogP) is 2.76. The molecule has 5 nitrogen and oxygen atoms in total. The number of thioether (sulfide) groups is 1. The van der Waals surface area contributed by atoms with Crippen molar-refractivity contribution in [2.45, 2.75) is 25.9 Å². The van der Waals surface area contributed by atoms with E-state index in [1.807, 2.05) is 50.1 Å². The molecule has 7 heteroatoms. The highest BCUT2D eigenvalue weighted by molar-refractivity contribution is 14.0. The molecule has 1 aromatic carbocycles. The number of aliphatic hydroxyl groups is 1. The zero-order valence-electron chi connectivity index (χ0n) is 15.3. The molecule has 1 aliphatic heterocycles. The molecule has 0 amide bonds. The van der Waals surface area contributed by atoms with Crippen LogP contribution in [0.25, 0.3) is 0 Å². The maximum atomic E-state index is 10.4. The van der Waals surface area contributed by atoms with E-state index >= 15 is 0 Å². The Labute approximate surface area is 172 Å². The Morgan fingerprint density at radius 1 is 1.44 bits per heavy atom. The summed E-state index contributed by atoms with van der Waals surface area (Å²) < 4.78 is 5.86. The molecule has 1 fully saturated rings. The Morgan fingerprint density at radius 2 is 2.20 bits per heavy atom. The van der Waals surface area contributed by atoms with E-state index in [4.69, 9.17) is 4.74 Å². The summed E-state index contributed by atoms with van der Waals surface area (Å²) in [6.45, 7) is 6.66. The monoisotopic (exact) mass is 479 g/mol. The number of ether oxygens (including phenoxy) is 1. The minimum absolute atomic E-state index is 0. The maximum absolute atomic E-state index is 10.4. The summed E-state index contributed by atoms with van der Waals surface area (Å²) >= 11 is 1.79. The van der Waals surface area contributed by atoms with Crippen LogP contribution >= 0.6 is 35.7 Å². The Balaban J connectivity index is 0.00000312. The largest absolute Gasteiger partial charge is 0.491 e. The average molecular weight is 479 g/mol. The van der Waals surface area contributed by atoms with Gasteiger partial charge in [-0.25, -0.2) is 0 Å². The lowest BCUT2D eigenvalue weighted by Crippen LogP contribution is -2.42. The summed E-state index contributed by atoms with van der Waals surface area (Å²) in [4.78, 5) is 6.67. The Kier molecular flexibility index (Phi) is 9.96. The van der Waals surface area contributed by atoms with Gasteiger partial charge in [-0.1, -0.05) is 18.2 Å². The van der Waals surface area contributed by atoms with Gasteiger partial charge in [0.1, 0.15) is 12.4 Å². The van der Waals surface area contributed by atoms with E-state index in [9.17, 15) is 5.11 Å². The quantitative estimate of drug-likeness (QED) is 0.358. The van der Waals surface area contributed by atoms with E-state index in [0.29, 0.717) is 13.2 Å². The van der Waals surface area contributed by atoms with Crippen LogP contribution in [0, 0.1) is 6.92 Å². The first-order valence-corrected chi connectivity index (χ1v) is 9.67. The molecule has 142 valence electrons. The molecule has 2 rings (SSSR count). The summed E-state index contributed by atoms with van der Waals surface area (Å²) in [6.07, 6.45) is 0.820. The Hall–Kier alpha value is -0.670. The normalized spacial score (nSPS) is 20.1. The second-order valence-electron chi connectivity index (χ2n) is 6.23. The highest BCUT2D eigenvalue weighted by atomic mass is 127. The molecule has 0 aromatic heterocycles. The fraction of sp³-hybridized carbons (Fsp3) is 0.611. The molecule has 1 aromatic rings. The number of guanidine groups is 1. The van der Waals surface area contributed by atoms with Gasteiger partial charge in [-0.05, 0) is 37.7 Å². The lowest BCUT2D eigenvalue weighted by Gasteiger charge is -2.24. The second kappa shape index (κ2) is 11.1. The fourth-order valence-corrected chi connectivity index (χ4v) is 3.81. The molecular formula is C18H30IN3O2S. The molecule has 0 saturated carbocycles. The average Bonchev–Trinajstić information content (AvgIpc) is 3.00. The molecule has 25 heavy (non-hydrogen) atoms. The third-order valence-corrected chi connectivity index (χ3v) is 5.31. The minimum Gasteiger partial charge on any atom is -0.491 e. The van der Waals surface area contributed by atoms with E-state index < -0.39 is 5.60 Å². The van der Waals surface area contributed by atoms with Crippen molar-refractivity contribution in [3.63, 3.8) is 0 Å². The van der Waals surface area contributed by atoms with E-state index in [1.54, 1.807) is 11.8 Å². The molecule has 1 saturated heterocycles. The van der Waals surface area contributed by atoms with E-state index in [2.05, 4.69) is 10.3 Å². The van der Waals surface area contributed by atoms with Crippen LogP contribution < -0.4 is 10.1 Å². The molecule has 1 heterocycles. The molecule has 0 aliphatic carbocycles. The number of nitrogens with one attached hydrogen (secondary N) is 1. The van der Waals surface area contributed by atoms with Crippen molar-refractivity contribution in [2.24, 2.45) is 4.99 Å². The number of para-hydroxylation sites is 1. The van der Waals surface area contributed by atoms with Crippen LogP contribution in [0.5, 0.6) is 5.75 Å². The number of aliphatic imine (C=N–C) groups is 1. The van der Waals surface area contributed by atoms with E-state index in [1.165, 1.54) is 0 Å². The zero-order valence-corrected chi connectivity index (χ0v) is 18.5. The number of halogens is 1. The van der Waals surface area contributed by atoms with Gasteiger partial charge in [0, 0.05) is 19.3 Å². The van der Waals surface area contributed by atoms with Gasteiger partial charge >= 0.3 is 0 Å². The maximum Gasteiger partial charge on any atom is 0.193 e. The van der Waals surface area contributed by atoms with Crippen LogP contribution in [0.4, 0.5) is 0 Å². The molecule has 2 N–H and O–H groups in total. The van der Waals surface area contributed by atoms with Crippen LogP contribution in [0.1, 0.15) is 18.9 Å². The number of nitrogens with zero attached hydrogens (tertiary/aromatic N) is 2. The van der Waals surface area contributed by atoms with Crippen molar-refractivity contribution in [3.05, 3.63) is 29.8 Å². The lowest BCUT2D eigenvalue weighted by molar-refractivity contribution is 0.0776. The first-order chi connectivity index (χ1) is 11.5. The standard InChI is InChI=1S/C18H29N3O2S.HI/c1-4-19-17(20-13-18(22)9-12-24-14-18)21(3)10-11-23-16-8-6-5-7-15(16)2;/h5-8,22H,4,9-14H2,1-3H3,(H,19,20);1H. The van der Waals surface area contributed by atoms with Gasteiger partial charge in [-0.15, -0.1) is 24.0 Å². The van der Waals surface area contributed by atoms with Crippen molar-refractivity contribution < 1.29 is 9.84 Å². The van der Waals surface area contributed by atoms with Gasteiger partial charge in [0.05, 0.1) is 18.7 Å². The third-order valence-electron chi connectivity index (χ3n) is 4.08. The van der Waals surface area contributed by atoms with Crippen molar-refractivity contribution in [2.75, 3.05) is 44.8 Å². The highest BCUT2D eigenvalue weighted by Gasteiger charge is 2.31. The summed E-state index contributed by atoms with van der Waals surface area (Å²) in [7, 11) is 2.00. The Bertz CT molecular complexity index is 551. The first kappa shape index (κ1) is 22.4. The zero-order chi connectivity index (χ0) is 17.4. The lowest BCUT2D eigenvalue weighted by atomic mass is 10.1. The van der Waals surface area contributed by atoms with Crippen molar-refractivity contribution in [1.29, 1.82) is 0 Å². The molecule has 1 atom stereocenters. The van der Waals surface area contributed by atoms with Crippen molar-refractivity contribution in [3.8, 4) is 5.75 Å². The first-order valence-electron chi connectivity index (χ1n) is 8.52. The molecule has 0 bridgehead atoms. The molecule has 1 unspecified atom stereocenters. The topological polar surface area (TPSA) is 57.1 Å². The van der Waals surface area contributed by atoms with Crippen LogP contribution in [0.3, 0.4) is 0 Å². The molecule has 1 aliphatic rings. The van der Waals surface area contributed by atoms with E-state index in [-0.39, 0.29) is 24.0 Å². The number of aryl methyl sites for hydroxylation is 1. The number of hydrogen-bond acceptors (Lipinski definition) is 4. The van der Waals surface area contributed by atoms with Gasteiger partial charge in [0.2, 0.25) is 0 Å². The summed E-state index contributed by atoms with van der Waals surface area (Å²) in [5, 5.41) is 13.7. The van der Waals surface area contributed by atoms with Crippen molar-refractivity contribution >= 4 is 41.7 Å². The summed E-state index contributed by atoms with van der Waals surface area (Å²) in [6, 6.07) is 8.03. The van der Waals surface area contributed by atoms with Gasteiger partial charge < -0.3 is 20.1 Å². The smallest absolute Gasteiger partial charge is 0.193 e. The predicted molar refractivity (Wildman–Crippen MR) is 118 cm³/mol. The second-order valence-corrected chi connectivity index (χ2v) is 7.34. The SMILES string of the molecule is CCNC(=NCC1(O)CCSC1)N(C)CCOc1ccccc1C.I. The molecular weight excluding hydrogens is 449 g/mol. The number of hydrogen-bond donors (Lipinski definition) is 2. The van der Waals surface area contributed by atoms with Crippen molar-refractivity contribution in [1.82, 2.24) is 10.2 Å². The minimum atomic E-state index is -0.649. The molecule has 0 radical (unpaired) electrons. The van der Waals surface area contributed by atoms with Gasteiger partial charge in [-0.2, -0.15) is 11.8 Å². The van der Waals surface area contributed by atoms with Crippen LogP contribution in [0.15, 0.2) is 29.3 Å². The summed E-state index contributed by atoms with van der Waals surface area (Å²) in [5.74, 6) is 3.53. The van der Waals surface area contributed by atoms with Crippen LogP contribution in [0.2, 0.25) is 0 Å². The van der Waals surface area contributed by atoms with Gasteiger partial charge in [0.25, 0.3) is 0 Å². The number of likely N-dealkylation sites (N-methyl/N-ethyl adjacent to an activating group) is 1. The Morgan fingerprint density at radius 3 is 2.84 bits per heavy atom. The molecule has 0 spiro atoms.